The maximum atomic E-state index is 13.3. The van der Waals surface area contributed by atoms with E-state index >= 15 is 0 Å². The van der Waals surface area contributed by atoms with E-state index in [2.05, 4.69) is 10.2 Å². The molecule has 1 amide bonds. The zero-order chi connectivity index (χ0) is 24.9. The Kier molecular flexibility index (Phi) is 7.39. The number of thiophene rings is 1. The Morgan fingerprint density at radius 1 is 1.03 bits per heavy atom. The summed E-state index contributed by atoms with van der Waals surface area (Å²) in [5, 5.41) is 6.01. The lowest BCUT2D eigenvalue weighted by molar-refractivity contribution is 0.0523. The predicted octanol–water partition coefficient (Wildman–Crippen LogP) is 5.53. The van der Waals surface area contributed by atoms with Crippen molar-refractivity contribution in [2.75, 3.05) is 19.7 Å². The van der Waals surface area contributed by atoms with Gasteiger partial charge in [-0.2, -0.15) is 0 Å². The highest BCUT2D eigenvalue weighted by atomic mass is 32.1. The van der Waals surface area contributed by atoms with E-state index in [-0.39, 0.29) is 17.9 Å². The number of carbonyl (C=O) groups is 2. The Hall–Kier alpha value is -3.55. The van der Waals surface area contributed by atoms with Crippen LogP contribution in [0.2, 0.25) is 0 Å². The lowest BCUT2D eigenvalue weighted by Crippen LogP contribution is -2.44. The molecule has 1 N–H and O–H groups in total. The molecule has 4 aromatic rings. The average molecular weight is 500 g/mol. The zero-order valence-corrected chi connectivity index (χ0v) is 21.1. The molecule has 2 aromatic carbocycles. The van der Waals surface area contributed by atoms with Crippen LogP contribution in [0, 0.1) is 0 Å². The van der Waals surface area contributed by atoms with E-state index in [1.165, 1.54) is 11.3 Å². The summed E-state index contributed by atoms with van der Waals surface area (Å²) in [5.41, 5.74) is 3.96. The van der Waals surface area contributed by atoms with Crippen LogP contribution in [-0.2, 0) is 11.3 Å². The molecule has 1 aliphatic rings. The molecule has 3 heterocycles. The van der Waals surface area contributed by atoms with Gasteiger partial charge in [0.1, 0.15) is 0 Å². The number of para-hydroxylation sites is 1. The van der Waals surface area contributed by atoms with Crippen molar-refractivity contribution >= 4 is 34.1 Å². The van der Waals surface area contributed by atoms with E-state index in [9.17, 15) is 9.59 Å². The monoisotopic (exact) mass is 499 g/mol. The standard InChI is InChI=1S/C29H29N3O3S/c1-2-35-29(34)27-24(19-32-16-14-21(15-17-32)30-28(33)25-13-8-18-36-25)31-23-12-7-6-11-22(23)26(27)20-9-4-3-5-10-20/h3-13,18,21H,2,14-17,19H2,1H3,(H,30,33). The highest BCUT2D eigenvalue weighted by Crippen LogP contribution is 2.34. The number of fused-ring (bicyclic) bond motifs is 1. The molecule has 1 aliphatic heterocycles. The first-order chi connectivity index (χ1) is 17.6. The van der Waals surface area contributed by atoms with E-state index in [0.29, 0.717) is 18.7 Å². The third-order valence-electron chi connectivity index (χ3n) is 6.55. The van der Waals surface area contributed by atoms with Gasteiger partial charge in [0.05, 0.1) is 28.3 Å². The van der Waals surface area contributed by atoms with Crippen molar-refractivity contribution < 1.29 is 14.3 Å². The number of nitrogens with one attached hydrogen (secondary N) is 1. The van der Waals surface area contributed by atoms with E-state index < -0.39 is 0 Å². The van der Waals surface area contributed by atoms with E-state index in [1.807, 2.05) is 79.0 Å². The molecule has 1 fully saturated rings. The van der Waals surface area contributed by atoms with Crippen LogP contribution in [0.5, 0.6) is 0 Å². The molecule has 184 valence electrons. The molecule has 7 heteroatoms. The van der Waals surface area contributed by atoms with Gasteiger partial charge < -0.3 is 10.1 Å². The Labute approximate surface area is 214 Å². The number of esters is 1. The van der Waals surface area contributed by atoms with Crippen LogP contribution in [0.15, 0.2) is 72.1 Å². The fraction of sp³-hybridized carbons (Fsp3) is 0.276. The Bertz CT molecular complexity index is 1350. The number of hydrogen-bond acceptors (Lipinski definition) is 6. The second-order valence-corrected chi connectivity index (χ2v) is 9.86. The topological polar surface area (TPSA) is 71.5 Å². The largest absolute Gasteiger partial charge is 0.462 e. The number of amides is 1. The van der Waals surface area contributed by atoms with Crippen molar-refractivity contribution in [3.63, 3.8) is 0 Å². The van der Waals surface area contributed by atoms with Crippen LogP contribution in [-0.4, -0.2) is 47.5 Å². The Morgan fingerprint density at radius 2 is 1.78 bits per heavy atom. The van der Waals surface area contributed by atoms with Gasteiger partial charge in [0.2, 0.25) is 0 Å². The first kappa shape index (κ1) is 24.2. The Balaban J connectivity index is 1.43. The number of rotatable bonds is 7. The summed E-state index contributed by atoms with van der Waals surface area (Å²) in [4.78, 5) is 33.8. The summed E-state index contributed by atoms with van der Waals surface area (Å²) < 4.78 is 5.52. The normalized spacial score (nSPS) is 14.6. The van der Waals surface area contributed by atoms with Crippen LogP contribution < -0.4 is 5.32 Å². The summed E-state index contributed by atoms with van der Waals surface area (Å²) >= 11 is 1.46. The molecule has 36 heavy (non-hydrogen) atoms. The number of hydrogen-bond donors (Lipinski definition) is 1. The minimum atomic E-state index is -0.345. The molecular formula is C29H29N3O3S. The minimum Gasteiger partial charge on any atom is -0.462 e. The van der Waals surface area contributed by atoms with Crippen molar-refractivity contribution in [2.24, 2.45) is 0 Å². The maximum absolute atomic E-state index is 13.3. The molecule has 5 rings (SSSR count). The molecule has 0 atom stereocenters. The molecule has 0 spiro atoms. The van der Waals surface area contributed by atoms with Crippen LogP contribution in [0.1, 0.15) is 45.5 Å². The molecule has 2 aromatic heterocycles. The van der Waals surface area contributed by atoms with Gasteiger partial charge in [-0.1, -0.05) is 54.6 Å². The third-order valence-corrected chi connectivity index (χ3v) is 7.42. The first-order valence-electron chi connectivity index (χ1n) is 12.3. The molecule has 1 saturated heterocycles. The third kappa shape index (κ3) is 5.17. The highest BCUT2D eigenvalue weighted by Gasteiger charge is 2.27. The van der Waals surface area contributed by atoms with Crippen LogP contribution in [0.25, 0.3) is 22.0 Å². The summed E-state index contributed by atoms with van der Waals surface area (Å²) in [6.45, 7) is 4.29. The quantitative estimate of drug-likeness (QED) is 0.338. The van der Waals surface area contributed by atoms with Crippen LogP contribution >= 0.6 is 11.3 Å². The van der Waals surface area contributed by atoms with Crippen molar-refractivity contribution in [2.45, 2.75) is 32.4 Å². The van der Waals surface area contributed by atoms with Crippen molar-refractivity contribution in [1.29, 1.82) is 0 Å². The van der Waals surface area contributed by atoms with Gasteiger partial charge in [-0.3, -0.25) is 14.7 Å². The lowest BCUT2D eigenvalue weighted by Gasteiger charge is -2.32. The number of nitrogens with zero attached hydrogens (tertiary/aromatic N) is 2. The number of likely N-dealkylation sites (tertiary alicyclic amines) is 1. The second kappa shape index (κ2) is 11.0. The summed E-state index contributed by atoms with van der Waals surface area (Å²) in [5.74, 6) is -0.348. The number of benzene rings is 2. The van der Waals surface area contributed by atoms with Gasteiger partial charge >= 0.3 is 5.97 Å². The SMILES string of the molecule is CCOC(=O)c1c(CN2CCC(NC(=O)c3cccs3)CC2)nc2ccccc2c1-c1ccccc1. The number of ether oxygens (including phenoxy) is 1. The lowest BCUT2D eigenvalue weighted by atomic mass is 9.93. The predicted molar refractivity (Wildman–Crippen MR) is 143 cm³/mol. The zero-order valence-electron chi connectivity index (χ0n) is 20.3. The fourth-order valence-electron chi connectivity index (χ4n) is 4.82. The van der Waals surface area contributed by atoms with Gasteiger partial charge in [-0.15, -0.1) is 11.3 Å². The van der Waals surface area contributed by atoms with Crippen molar-refractivity contribution in [3.05, 3.63) is 88.2 Å². The molecule has 0 radical (unpaired) electrons. The molecule has 0 saturated carbocycles. The summed E-state index contributed by atoms with van der Waals surface area (Å²) in [7, 11) is 0. The fourth-order valence-corrected chi connectivity index (χ4v) is 5.44. The van der Waals surface area contributed by atoms with Gasteiger partial charge in [0.25, 0.3) is 5.91 Å². The molecular weight excluding hydrogens is 470 g/mol. The van der Waals surface area contributed by atoms with Crippen molar-refractivity contribution in [3.8, 4) is 11.1 Å². The number of pyridine rings is 1. The Morgan fingerprint density at radius 3 is 2.50 bits per heavy atom. The van der Waals surface area contributed by atoms with Gasteiger partial charge in [0.15, 0.2) is 0 Å². The number of piperidine rings is 1. The molecule has 6 nitrogen and oxygen atoms in total. The summed E-state index contributed by atoms with van der Waals surface area (Å²) in [6, 6.07) is 21.8. The highest BCUT2D eigenvalue weighted by molar-refractivity contribution is 7.12. The van der Waals surface area contributed by atoms with Gasteiger partial charge in [0, 0.05) is 36.6 Å². The first-order valence-corrected chi connectivity index (χ1v) is 13.2. The van der Waals surface area contributed by atoms with Gasteiger partial charge in [-0.05, 0) is 42.8 Å². The van der Waals surface area contributed by atoms with Gasteiger partial charge in [-0.25, -0.2) is 4.79 Å². The smallest absolute Gasteiger partial charge is 0.340 e. The molecule has 0 unspecified atom stereocenters. The summed E-state index contributed by atoms with van der Waals surface area (Å²) in [6.07, 6.45) is 1.70. The minimum absolute atomic E-state index is 0.00301. The average Bonchev–Trinajstić information content (AvgIpc) is 3.45. The molecule has 0 bridgehead atoms. The van der Waals surface area contributed by atoms with E-state index in [4.69, 9.17) is 9.72 Å². The number of aromatic nitrogens is 1. The van der Waals surface area contributed by atoms with E-state index in [1.54, 1.807) is 0 Å². The second-order valence-electron chi connectivity index (χ2n) is 8.91. The van der Waals surface area contributed by atoms with Crippen LogP contribution in [0.3, 0.4) is 0 Å². The van der Waals surface area contributed by atoms with Crippen LogP contribution in [0.4, 0.5) is 0 Å². The number of carbonyl (C=O) groups excluding carboxylic acids is 2. The van der Waals surface area contributed by atoms with Crippen molar-refractivity contribution in [1.82, 2.24) is 15.2 Å². The maximum Gasteiger partial charge on any atom is 0.340 e. The molecule has 0 aliphatic carbocycles. The van der Waals surface area contributed by atoms with E-state index in [0.717, 1.165) is 58.5 Å².